The van der Waals surface area contributed by atoms with Crippen molar-refractivity contribution in [2.24, 2.45) is 0 Å². The highest BCUT2D eigenvalue weighted by molar-refractivity contribution is 7.87. The van der Waals surface area contributed by atoms with Gasteiger partial charge in [0.05, 0.1) is 5.56 Å². The minimum atomic E-state index is -4.64. The highest BCUT2D eigenvalue weighted by Gasteiger charge is 2.31. The lowest BCUT2D eigenvalue weighted by molar-refractivity contribution is -0.137. The third kappa shape index (κ3) is 7.20. The number of rotatable bonds is 8. The highest BCUT2D eigenvalue weighted by atomic mass is 32.2. The molecule has 1 amide bonds. The Morgan fingerprint density at radius 1 is 0.744 bits per heavy atom. The van der Waals surface area contributed by atoms with E-state index in [2.05, 4.69) is 0 Å². The molecular weight excluding hydrogens is 541 g/mol. The molecule has 5 nitrogen and oxygen atoms in total. The monoisotopic (exact) mass is 561 g/mol. The fraction of sp³-hybridized carbons (Fsp3) is 0.107. The summed E-state index contributed by atoms with van der Waals surface area (Å²) < 4.78 is 96.1. The van der Waals surface area contributed by atoms with Crippen molar-refractivity contribution in [2.75, 3.05) is 0 Å². The highest BCUT2D eigenvalue weighted by Crippen LogP contribution is 2.30. The Morgan fingerprint density at radius 3 is 1.79 bits per heavy atom. The molecule has 4 aromatic carbocycles. The van der Waals surface area contributed by atoms with Gasteiger partial charge in [-0.05, 0) is 77.9 Å². The van der Waals surface area contributed by atoms with Gasteiger partial charge in [0.2, 0.25) is 0 Å². The first-order chi connectivity index (χ1) is 18.4. The number of carbonyl (C=O) groups is 1. The Hall–Kier alpha value is -4.25. The van der Waals surface area contributed by atoms with Crippen LogP contribution in [0.15, 0.2) is 102 Å². The predicted molar refractivity (Wildman–Crippen MR) is 132 cm³/mol. The van der Waals surface area contributed by atoms with E-state index in [9.17, 15) is 35.2 Å². The number of halogens is 5. The van der Waals surface area contributed by atoms with Crippen molar-refractivity contribution in [3.8, 4) is 5.75 Å². The number of hydrogen-bond donors (Lipinski definition) is 0. The van der Waals surface area contributed by atoms with Gasteiger partial charge in [0.15, 0.2) is 0 Å². The molecule has 0 aliphatic heterocycles. The van der Waals surface area contributed by atoms with Crippen molar-refractivity contribution in [1.29, 1.82) is 0 Å². The quantitative estimate of drug-likeness (QED) is 0.180. The van der Waals surface area contributed by atoms with Gasteiger partial charge in [0, 0.05) is 18.7 Å². The lowest BCUT2D eigenvalue weighted by Gasteiger charge is -2.24. The summed E-state index contributed by atoms with van der Waals surface area (Å²) in [5.41, 5.74) is -0.0951. The van der Waals surface area contributed by atoms with Gasteiger partial charge in [0.1, 0.15) is 22.3 Å². The second kappa shape index (κ2) is 11.2. The molecule has 0 aliphatic carbocycles. The number of alkyl halides is 3. The van der Waals surface area contributed by atoms with Crippen LogP contribution in [0.25, 0.3) is 0 Å². The average Bonchev–Trinajstić information content (AvgIpc) is 2.90. The number of hydrogen-bond acceptors (Lipinski definition) is 4. The lowest BCUT2D eigenvalue weighted by Crippen LogP contribution is -2.30. The maximum Gasteiger partial charge on any atom is 0.416 e. The van der Waals surface area contributed by atoms with Crippen molar-refractivity contribution in [3.63, 3.8) is 0 Å². The maximum absolute atomic E-state index is 13.4. The number of nitrogens with zero attached hydrogens (tertiary/aromatic N) is 1. The van der Waals surface area contributed by atoms with E-state index in [0.717, 1.165) is 42.5 Å². The number of carbonyl (C=O) groups excluding carboxylic acids is 1. The predicted octanol–water partition coefficient (Wildman–Crippen LogP) is 6.59. The van der Waals surface area contributed by atoms with Crippen molar-refractivity contribution < 1.29 is 39.3 Å². The Balaban J connectivity index is 1.56. The van der Waals surface area contributed by atoms with E-state index in [1.54, 1.807) is 0 Å². The molecule has 0 N–H and O–H groups in total. The molecule has 4 rings (SSSR count). The summed E-state index contributed by atoms with van der Waals surface area (Å²) in [6.07, 6.45) is -4.64. The average molecular weight is 562 g/mol. The van der Waals surface area contributed by atoms with E-state index in [1.807, 2.05) is 0 Å². The van der Waals surface area contributed by atoms with Crippen LogP contribution in [0.4, 0.5) is 22.0 Å². The first kappa shape index (κ1) is 27.8. The molecule has 0 atom stereocenters. The summed E-state index contributed by atoms with van der Waals surface area (Å²) in [5, 5.41) is 0. The molecule has 0 fully saturated rings. The van der Waals surface area contributed by atoms with Crippen molar-refractivity contribution in [1.82, 2.24) is 4.90 Å². The zero-order valence-electron chi connectivity index (χ0n) is 20.0. The summed E-state index contributed by atoms with van der Waals surface area (Å²) in [7, 11) is -4.23. The van der Waals surface area contributed by atoms with Gasteiger partial charge in [-0.25, -0.2) is 8.78 Å². The molecule has 0 bridgehead atoms. The van der Waals surface area contributed by atoms with Gasteiger partial charge >= 0.3 is 16.3 Å². The lowest BCUT2D eigenvalue weighted by atomic mass is 10.1. The van der Waals surface area contributed by atoms with Gasteiger partial charge in [-0.1, -0.05) is 30.3 Å². The van der Waals surface area contributed by atoms with Crippen LogP contribution < -0.4 is 4.18 Å². The fourth-order valence-electron chi connectivity index (χ4n) is 3.67. The standard InChI is InChI=1S/C28H20F5NO4S/c29-23-8-4-19(5-9-23)17-34(27(35)21-2-1-3-22(16-21)28(31,32)33)18-20-6-12-25(13-7-20)38-39(36,37)26-14-10-24(30)11-15-26/h1-16H,17-18H2. The van der Waals surface area contributed by atoms with Gasteiger partial charge in [-0.15, -0.1) is 0 Å². The minimum absolute atomic E-state index is 0.0352. The summed E-state index contributed by atoms with van der Waals surface area (Å²) in [4.78, 5) is 14.3. The summed E-state index contributed by atoms with van der Waals surface area (Å²) in [6.45, 7) is -0.0933. The molecule has 11 heteroatoms. The molecular formula is C28H20F5NO4S. The Kier molecular flexibility index (Phi) is 8.01. The largest absolute Gasteiger partial charge is 0.416 e. The van der Waals surface area contributed by atoms with E-state index in [1.165, 1.54) is 59.5 Å². The number of amides is 1. The summed E-state index contributed by atoms with van der Waals surface area (Å²) in [5.74, 6) is -1.83. The SMILES string of the molecule is O=C(c1cccc(C(F)(F)F)c1)N(Cc1ccc(F)cc1)Cc1ccc(OS(=O)(=O)c2ccc(F)cc2)cc1. The van der Waals surface area contributed by atoms with Gasteiger partial charge in [-0.3, -0.25) is 4.79 Å². The van der Waals surface area contributed by atoms with Crippen LogP contribution in [-0.2, 0) is 29.4 Å². The molecule has 0 unspecified atom stereocenters. The number of benzene rings is 4. The van der Waals surface area contributed by atoms with Crippen LogP contribution in [0.1, 0.15) is 27.0 Å². The Labute approximate surface area is 221 Å². The van der Waals surface area contributed by atoms with Gasteiger partial charge < -0.3 is 9.08 Å². The van der Waals surface area contributed by atoms with E-state index in [-0.39, 0.29) is 29.3 Å². The molecule has 0 spiro atoms. The van der Waals surface area contributed by atoms with E-state index >= 15 is 0 Å². The molecule has 0 heterocycles. The Morgan fingerprint density at radius 2 is 1.26 bits per heavy atom. The molecule has 39 heavy (non-hydrogen) atoms. The second-order valence-electron chi connectivity index (χ2n) is 8.50. The van der Waals surface area contributed by atoms with Crippen molar-refractivity contribution in [3.05, 3.63) is 131 Å². The Bertz CT molecular complexity index is 1550. The van der Waals surface area contributed by atoms with Crippen LogP contribution in [-0.4, -0.2) is 19.2 Å². The first-order valence-corrected chi connectivity index (χ1v) is 12.8. The molecule has 0 saturated heterocycles. The van der Waals surface area contributed by atoms with Gasteiger partial charge in [-0.2, -0.15) is 21.6 Å². The third-order valence-electron chi connectivity index (χ3n) is 5.62. The molecule has 4 aromatic rings. The van der Waals surface area contributed by atoms with Crippen molar-refractivity contribution in [2.45, 2.75) is 24.2 Å². The van der Waals surface area contributed by atoms with Crippen LogP contribution in [0.2, 0.25) is 0 Å². The summed E-state index contributed by atoms with van der Waals surface area (Å²) >= 11 is 0. The van der Waals surface area contributed by atoms with E-state index < -0.39 is 39.4 Å². The van der Waals surface area contributed by atoms with Gasteiger partial charge in [0.25, 0.3) is 5.91 Å². The maximum atomic E-state index is 13.4. The summed E-state index contributed by atoms with van der Waals surface area (Å²) in [6, 6.07) is 19.1. The zero-order valence-corrected chi connectivity index (χ0v) is 20.8. The molecule has 0 aliphatic rings. The molecule has 202 valence electrons. The van der Waals surface area contributed by atoms with Crippen LogP contribution in [0.3, 0.4) is 0 Å². The fourth-order valence-corrected chi connectivity index (χ4v) is 4.60. The van der Waals surface area contributed by atoms with Crippen LogP contribution in [0, 0.1) is 11.6 Å². The first-order valence-electron chi connectivity index (χ1n) is 11.4. The normalized spacial score (nSPS) is 11.7. The topological polar surface area (TPSA) is 63.7 Å². The third-order valence-corrected chi connectivity index (χ3v) is 6.88. The second-order valence-corrected chi connectivity index (χ2v) is 10.0. The van der Waals surface area contributed by atoms with Crippen LogP contribution in [0.5, 0.6) is 5.75 Å². The van der Waals surface area contributed by atoms with E-state index in [4.69, 9.17) is 4.18 Å². The van der Waals surface area contributed by atoms with Crippen LogP contribution >= 0.6 is 0 Å². The minimum Gasteiger partial charge on any atom is -0.379 e. The molecule has 0 aromatic heterocycles. The zero-order chi connectivity index (χ0) is 28.2. The van der Waals surface area contributed by atoms with Crippen molar-refractivity contribution >= 4 is 16.0 Å². The molecule has 0 radical (unpaired) electrons. The van der Waals surface area contributed by atoms with E-state index in [0.29, 0.717) is 11.1 Å². The smallest absolute Gasteiger partial charge is 0.379 e. The molecule has 0 saturated carbocycles.